The smallest absolute Gasteiger partial charge is 0.126 e. The normalized spacial score (nSPS) is 10.5. The number of hydrogen-bond donors (Lipinski definition) is 1. The number of rotatable bonds is 4. The fraction of sp³-hybridized carbons (Fsp3) is 0.143. The molecule has 19 heavy (non-hydrogen) atoms. The van der Waals surface area contributed by atoms with Gasteiger partial charge in [0, 0.05) is 10.6 Å². The predicted molar refractivity (Wildman–Crippen MR) is 78.2 cm³/mol. The summed E-state index contributed by atoms with van der Waals surface area (Å²) in [5, 5.41) is 10.7. The Kier molecular flexibility index (Phi) is 4.94. The first kappa shape index (κ1) is 14.5. The van der Waals surface area contributed by atoms with Crippen LogP contribution in [0.2, 0.25) is 15.1 Å². The highest BCUT2D eigenvalue weighted by molar-refractivity contribution is 6.42. The summed E-state index contributed by atoms with van der Waals surface area (Å²) in [6.07, 6.45) is 0. The summed E-state index contributed by atoms with van der Waals surface area (Å²) in [7, 11) is 0. The van der Waals surface area contributed by atoms with E-state index in [4.69, 9.17) is 39.5 Å². The molecule has 2 nitrogen and oxygen atoms in total. The van der Waals surface area contributed by atoms with Crippen molar-refractivity contribution >= 4 is 34.8 Å². The largest absolute Gasteiger partial charge is 0.488 e. The van der Waals surface area contributed by atoms with Crippen molar-refractivity contribution in [1.29, 1.82) is 0 Å². The number of aliphatic hydroxyl groups is 1. The van der Waals surface area contributed by atoms with Crippen LogP contribution in [0.1, 0.15) is 11.1 Å². The Hall–Kier alpha value is -0.930. The van der Waals surface area contributed by atoms with E-state index < -0.39 is 0 Å². The Balaban J connectivity index is 2.14. The molecule has 0 amide bonds. The van der Waals surface area contributed by atoms with Gasteiger partial charge in [-0.2, -0.15) is 0 Å². The van der Waals surface area contributed by atoms with Gasteiger partial charge in [0.2, 0.25) is 0 Å². The van der Waals surface area contributed by atoms with Crippen LogP contribution in [0, 0.1) is 0 Å². The molecule has 0 aliphatic rings. The minimum absolute atomic E-state index is 0.170. The van der Waals surface area contributed by atoms with Gasteiger partial charge < -0.3 is 9.84 Å². The molecule has 0 bridgehead atoms. The highest BCUT2D eigenvalue weighted by Gasteiger charge is 2.07. The van der Waals surface area contributed by atoms with Crippen LogP contribution >= 0.6 is 34.8 Å². The lowest BCUT2D eigenvalue weighted by atomic mass is 10.2. The van der Waals surface area contributed by atoms with E-state index in [0.29, 0.717) is 33.0 Å². The molecule has 1 N–H and O–H groups in total. The first-order valence-corrected chi connectivity index (χ1v) is 6.70. The third-order valence-electron chi connectivity index (χ3n) is 2.61. The molecule has 0 spiro atoms. The summed E-state index contributed by atoms with van der Waals surface area (Å²) in [6, 6.07) is 10.5. The number of aliphatic hydroxyl groups excluding tert-OH is 1. The van der Waals surface area contributed by atoms with E-state index in [1.54, 1.807) is 30.3 Å². The average molecular weight is 318 g/mol. The Labute approximate surface area is 126 Å². The van der Waals surface area contributed by atoms with Crippen molar-refractivity contribution < 1.29 is 9.84 Å². The molecule has 0 unspecified atom stereocenters. The second kappa shape index (κ2) is 6.49. The maximum atomic E-state index is 9.27. The van der Waals surface area contributed by atoms with Crippen molar-refractivity contribution in [3.05, 3.63) is 62.6 Å². The van der Waals surface area contributed by atoms with E-state index in [1.807, 2.05) is 6.07 Å². The van der Waals surface area contributed by atoms with Gasteiger partial charge in [0.25, 0.3) is 0 Å². The average Bonchev–Trinajstić information content (AvgIpc) is 2.40. The van der Waals surface area contributed by atoms with Crippen LogP contribution in [0.3, 0.4) is 0 Å². The van der Waals surface area contributed by atoms with E-state index in [-0.39, 0.29) is 6.61 Å². The first-order chi connectivity index (χ1) is 9.11. The number of ether oxygens (including phenoxy) is 1. The van der Waals surface area contributed by atoms with Gasteiger partial charge in [-0.15, -0.1) is 0 Å². The summed E-state index contributed by atoms with van der Waals surface area (Å²) >= 11 is 17.8. The zero-order valence-corrected chi connectivity index (χ0v) is 12.1. The molecule has 2 rings (SSSR count). The van der Waals surface area contributed by atoms with Crippen LogP contribution in [0.5, 0.6) is 5.75 Å². The number of hydrogen-bond acceptors (Lipinski definition) is 2. The summed E-state index contributed by atoms with van der Waals surface area (Å²) in [5.74, 6) is 0.557. The lowest BCUT2D eigenvalue weighted by molar-refractivity contribution is 0.259. The molecule has 0 fully saturated rings. The number of benzene rings is 2. The standard InChI is InChI=1S/C14H11Cl3O2/c15-11-2-1-3-14(10(11)7-18)19-8-9-4-5-12(16)13(17)6-9/h1-6,18H,7-8H2. The second-order valence-corrected chi connectivity index (χ2v) is 5.13. The molecule has 0 aromatic heterocycles. The molecule has 0 atom stereocenters. The number of halogens is 3. The van der Waals surface area contributed by atoms with Crippen LogP contribution in [-0.2, 0) is 13.2 Å². The Bertz CT molecular complexity index is 585. The maximum absolute atomic E-state index is 9.27. The fourth-order valence-electron chi connectivity index (χ4n) is 1.62. The molecule has 0 heterocycles. The molecule has 2 aromatic rings. The van der Waals surface area contributed by atoms with Gasteiger partial charge in [0.1, 0.15) is 12.4 Å². The molecule has 0 saturated heterocycles. The molecule has 0 saturated carbocycles. The lowest BCUT2D eigenvalue weighted by Gasteiger charge is -2.11. The predicted octanol–water partition coefficient (Wildman–Crippen LogP) is 4.72. The van der Waals surface area contributed by atoms with Gasteiger partial charge in [-0.05, 0) is 29.8 Å². The van der Waals surface area contributed by atoms with Gasteiger partial charge in [0.15, 0.2) is 0 Å². The van der Waals surface area contributed by atoms with Gasteiger partial charge in [-0.25, -0.2) is 0 Å². The Morgan fingerprint density at radius 1 is 0.947 bits per heavy atom. The van der Waals surface area contributed by atoms with Crippen LogP contribution in [-0.4, -0.2) is 5.11 Å². The molecule has 5 heteroatoms. The molecule has 2 aromatic carbocycles. The van der Waals surface area contributed by atoms with Gasteiger partial charge in [-0.1, -0.05) is 46.9 Å². The minimum atomic E-state index is -0.170. The van der Waals surface area contributed by atoms with Crippen molar-refractivity contribution in [2.75, 3.05) is 0 Å². The highest BCUT2D eigenvalue weighted by atomic mass is 35.5. The summed E-state index contributed by atoms with van der Waals surface area (Å²) in [4.78, 5) is 0. The van der Waals surface area contributed by atoms with Crippen LogP contribution in [0.15, 0.2) is 36.4 Å². The zero-order valence-electron chi connectivity index (χ0n) is 9.87. The molecule has 0 radical (unpaired) electrons. The topological polar surface area (TPSA) is 29.5 Å². The maximum Gasteiger partial charge on any atom is 0.126 e. The van der Waals surface area contributed by atoms with Crippen molar-refractivity contribution in [3.63, 3.8) is 0 Å². The Morgan fingerprint density at radius 3 is 2.42 bits per heavy atom. The SMILES string of the molecule is OCc1c(Cl)cccc1OCc1ccc(Cl)c(Cl)c1. The van der Waals surface area contributed by atoms with E-state index in [0.717, 1.165) is 5.56 Å². The van der Waals surface area contributed by atoms with Gasteiger partial charge in [-0.3, -0.25) is 0 Å². The minimum Gasteiger partial charge on any atom is -0.488 e. The summed E-state index contributed by atoms with van der Waals surface area (Å²) < 4.78 is 5.64. The molecular weight excluding hydrogens is 307 g/mol. The molecule has 100 valence electrons. The van der Waals surface area contributed by atoms with Crippen LogP contribution in [0.4, 0.5) is 0 Å². The van der Waals surface area contributed by atoms with E-state index >= 15 is 0 Å². The third-order valence-corrected chi connectivity index (χ3v) is 3.71. The zero-order chi connectivity index (χ0) is 13.8. The van der Waals surface area contributed by atoms with E-state index in [1.165, 1.54) is 0 Å². The fourth-order valence-corrected chi connectivity index (χ4v) is 2.16. The van der Waals surface area contributed by atoms with Crippen molar-refractivity contribution in [2.24, 2.45) is 0 Å². The summed E-state index contributed by atoms with van der Waals surface area (Å²) in [5.41, 5.74) is 1.46. The first-order valence-electron chi connectivity index (χ1n) is 5.57. The quantitative estimate of drug-likeness (QED) is 0.884. The van der Waals surface area contributed by atoms with Crippen LogP contribution < -0.4 is 4.74 Å². The van der Waals surface area contributed by atoms with Crippen molar-refractivity contribution in [1.82, 2.24) is 0 Å². The molecular formula is C14H11Cl3O2. The molecule has 0 aliphatic heterocycles. The Morgan fingerprint density at radius 2 is 1.74 bits per heavy atom. The lowest BCUT2D eigenvalue weighted by Crippen LogP contribution is -1.99. The third kappa shape index (κ3) is 3.54. The second-order valence-electron chi connectivity index (χ2n) is 3.91. The summed E-state index contributed by atoms with van der Waals surface area (Å²) in [6.45, 7) is 0.153. The van der Waals surface area contributed by atoms with Gasteiger partial charge >= 0.3 is 0 Å². The van der Waals surface area contributed by atoms with Crippen molar-refractivity contribution in [2.45, 2.75) is 13.2 Å². The van der Waals surface area contributed by atoms with E-state index in [9.17, 15) is 5.11 Å². The van der Waals surface area contributed by atoms with Crippen molar-refractivity contribution in [3.8, 4) is 5.75 Å². The molecule has 0 aliphatic carbocycles. The monoisotopic (exact) mass is 316 g/mol. The van der Waals surface area contributed by atoms with Crippen LogP contribution in [0.25, 0.3) is 0 Å². The van der Waals surface area contributed by atoms with Gasteiger partial charge in [0.05, 0.1) is 16.7 Å². The highest BCUT2D eigenvalue weighted by Crippen LogP contribution is 2.28. The van der Waals surface area contributed by atoms with E-state index in [2.05, 4.69) is 0 Å².